The minimum atomic E-state index is -0.697. The SMILES string of the molecule is N[C@@H](C(=O)NCCc1ccccc1F)c1ccccc1. The van der Waals surface area contributed by atoms with Gasteiger partial charge in [-0.1, -0.05) is 48.5 Å². The van der Waals surface area contributed by atoms with Crippen molar-refractivity contribution >= 4 is 5.91 Å². The minimum Gasteiger partial charge on any atom is -0.354 e. The molecule has 104 valence electrons. The summed E-state index contributed by atoms with van der Waals surface area (Å²) in [5.74, 6) is -0.512. The predicted octanol–water partition coefficient (Wildman–Crippen LogP) is 2.18. The second-order valence-corrected chi connectivity index (χ2v) is 4.52. The van der Waals surface area contributed by atoms with Crippen LogP contribution in [0.25, 0.3) is 0 Å². The maximum absolute atomic E-state index is 13.4. The maximum Gasteiger partial charge on any atom is 0.241 e. The van der Waals surface area contributed by atoms with Crippen molar-refractivity contribution < 1.29 is 9.18 Å². The van der Waals surface area contributed by atoms with Gasteiger partial charge in [-0.15, -0.1) is 0 Å². The van der Waals surface area contributed by atoms with E-state index in [1.807, 2.05) is 18.2 Å². The number of rotatable bonds is 5. The summed E-state index contributed by atoms with van der Waals surface area (Å²) in [6.07, 6.45) is 0.444. The van der Waals surface area contributed by atoms with Gasteiger partial charge in [-0.25, -0.2) is 4.39 Å². The molecule has 0 unspecified atom stereocenters. The number of benzene rings is 2. The third-order valence-electron chi connectivity index (χ3n) is 3.09. The summed E-state index contributed by atoms with van der Waals surface area (Å²) in [7, 11) is 0. The van der Waals surface area contributed by atoms with Gasteiger partial charge in [0.25, 0.3) is 0 Å². The first-order chi connectivity index (χ1) is 9.68. The summed E-state index contributed by atoms with van der Waals surface area (Å²) in [5, 5.41) is 2.73. The van der Waals surface area contributed by atoms with E-state index in [0.717, 1.165) is 5.56 Å². The third kappa shape index (κ3) is 3.65. The van der Waals surface area contributed by atoms with E-state index < -0.39 is 6.04 Å². The Bertz CT molecular complexity index is 572. The summed E-state index contributed by atoms with van der Waals surface area (Å²) in [5.41, 5.74) is 7.21. The van der Waals surface area contributed by atoms with Gasteiger partial charge in [0, 0.05) is 6.54 Å². The molecule has 0 fully saturated rings. The molecule has 1 amide bonds. The van der Waals surface area contributed by atoms with E-state index in [1.54, 1.807) is 30.3 Å². The molecule has 0 spiro atoms. The topological polar surface area (TPSA) is 55.1 Å². The van der Waals surface area contributed by atoms with E-state index >= 15 is 0 Å². The van der Waals surface area contributed by atoms with Gasteiger partial charge in [-0.05, 0) is 23.6 Å². The van der Waals surface area contributed by atoms with Gasteiger partial charge in [0.2, 0.25) is 5.91 Å². The molecule has 3 N–H and O–H groups in total. The average molecular weight is 272 g/mol. The highest BCUT2D eigenvalue weighted by Gasteiger charge is 2.14. The Kier molecular flexibility index (Phi) is 4.85. The van der Waals surface area contributed by atoms with Crippen molar-refractivity contribution in [1.29, 1.82) is 0 Å². The molecule has 0 radical (unpaired) electrons. The molecule has 0 saturated heterocycles. The van der Waals surface area contributed by atoms with Gasteiger partial charge in [0.05, 0.1) is 0 Å². The Balaban J connectivity index is 1.85. The van der Waals surface area contributed by atoms with Crippen LogP contribution in [0.15, 0.2) is 54.6 Å². The molecule has 3 nitrogen and oxygen atoms in total. The molecule has 0 aromatic heterocycles. The highest BCUT2D eigenvalue weighted by Crippen LogP contribution is 2.10. The standard InChI is InChI=1S/C16H17FN2O/c17-14-9-5-4-6-12(14)10-11-19-16(20)15(18)13-7-2-1-3-8-13/h1-9,15H,10-11,18H2,(H,19,20)/t15-/m1/s1. The summed E-state index contributed by atoms with van der Waals surface area (Å²) in [4.78, 5) is 11.9. The lowest BCUT2D eigenvalue weighted by Crippen LogP contribution is -2.35. The first-order valence-electron chi connectivity index (χ1n) is 6.50. The van der Waals surface area contributed by atoms with E-state index in [1.165, 1.54) is 6.07 Å². The fraction of sp³-hybridized carbons (Fsp3) is 0.188. The predicted molar refractivity (Wildman–Crippen MR) is 76.5 cm³/mol. The summed E-state index contributed by atoms with van der Waals surface area (Å²) >= 11 is 0. The van der Waals surface area contributed by atoms with E-state index in [9.17, 15) is 9.18 Å². The molecule has 0 aliphatic carbocycles. The van der Waals surface area contributed by atoms with Crippen LogP contribution >= 0.6 is 0 Å². The van der Waals surface area contributed by atoms with Crippen molar-refractivity contribution in [3.05, 3.63) is 71.5 Å². The number of halogens is 1. The Morgan fingerprint density at radius 3 is 2.45 bits per heavy atom. The number of carbonyl (C=O) groups excluding carboxylic acids is 1. The van der Waals surface area contributed by atoms with Crippen molar-refractivity contribution in [2.45, 2.75) is 12.5 Å². The Hall–Kier alpha value is -2.20. The molecule has 1 atom stereocenters. The van der Waals surface area contributed by atoms with E-state index in [0.29, 0.717) is 18.5 Å². The van der Waals surface area contributed by atoms with Gasteiger partial charge < -0.3 is 11.1 Å². The van der Waals surface area contributed by atoms with Crippen molar-refractivity contribution in [3.8, 4) is 0 Å². The second-order valence-electron chi connectivity index (χ2n) is 4.52. The van der Waals surface area contributed by atoms with E-state index in [4.69, 9.17) is 5.73 Å². The first-order valence-corrected chi connectivity index (χ1v) is 6.50. The lowest BCUT2D eigenvalue weighted by Gasteiger charge is -2.12. The van der Waals surface area contributed by atoms with E-state index in [2.05, 4.69) is 5.32 Å². The number of nitrogens with two attached hydrogens (primary N) is 1. The molecular weight excluding hydrogens is 255 g/mol. The summed E-state index contributed by atoms with van der Waals surface area (Å²) in [6, 6.07) is 15.0. The van der Waals surface area contributed by atoms with Crippen LogP contribution in [0.1, 0.15) is 17.2 Å². The minimum absolute atomic E-state index is 0.255. The summed E-state index contributed by atoms with van der Waals surface area (Å²) < 4.78 is 13.4. The molecule has 0 aliphatic heterocycles. The highest BCUT2D eigenvalue weighted by molar-refractivity contribution is 5.82. The zero-order chi connectivity index (χ0) is 14.4. The number of hydrogen-bond donors (Lipinski definition) is 2. The fourth-order valence-electron chi connectivity index (χ4n) is 1.94. The van der Waals surface area contributed by atoms with Crippen molar-refractivity contribution in [3.63, 3.8) is 0 Å². The zero-order valence-corrected chi connectivity index (χ0v) is 11.1. The maximum atomic E-state index is 13.4. The summed E-state index contributed by atoms with van der Waals surface area (Å²) in [6.45, 7) is 0.361. The van der Waals surface area contributed by atoms with Gasteiger partial charge >= 0.3 is 0 Å². The monoisotopic (exact) mass is 272 g/mol. The van der Waals surface area contributed by atoms with Crippen LogP contribution in [0.4, 0.5) is 4.39 Å². The molecular formula is C16H17FN2O. The van der Waals surface area contributed by atoms with Gasteiger partial charge in [-0.3, -0.25) is 4.79 Å². The van der Waals surface area contributed by atoms with Crippen LogP contribution < -0.4 is 11.1 Å². The second kappa shape index (κ2) is 6.82. The zero-order valence-electron chi connectivity index (χ0n) is 11.1. The number of hydrogen-bond acceptors (Lipinski definition) is 2. The van der Waals surface area contributed by atoms with Crippen molar-refractivity contribution in [2.24, 2.45) is 5.73 Å². The molecule has 4 heteroatoms. The Morgan fingerprint density at radius 1 is 1.10 bits per heavy atom. The lowest BCUT2D eigenvalue weighted by molar-refractivity contribution is -0.122. The van der Waals surface area contributed by atoms with Gasteiger partial charge in [0.15, 0.2) is 0 Å². The first kappa shape index (κ1) is 14.2. The lowest BCUT2D eigenvalue weighted by atomic mass is 10.1. The Labute approximate surface area is 117 Å². The highest BCUT2D eigenvalue weighted by atomic mass is 19.1. The van der Waals surface area contributed by atoms with Crippen LogP contribution in [0.5, 0.6) is 0 Å². The van der Waals surface area contributed by atoms with Crippen molar-refractivity contribution in [2.75, 3.05) is 6.54 Å². The molecule has 0 aliphatic rings. The number of nitrogens with one attached hydrogen (secondary N) is 1. The average Bonchev–Trinajstić information content (AvgIpc) is 2.49. The van der Waals surface area contributed by atoms with Crippen LogP contribution in [-0.4, -0.2) is 12.5 Å². The van der Waals surface area contributed by atoms with Crippen molar-refractivity contribution in [1.82, 2.24) is 5.32 Å². The molecule has 20 heavy (non-hydrogen) atoms. The number of amides is 1. The molecule has 0 bridgehead atoms. The smallest absolute Gasteiger partial charge is 0.241 e. The molecule has 0 saturated carbocycles. The normalized spacial score (nSPS) is 11.9. The van der Waals surface area contributed by atoms with Crippen LogP contribution in [-0.2, 0) is 11.2 Å². The molecule has 0 heterocycles. The quantitative estimate of drug-likeness (QED) is 0.876. The molecule has 2 rings (SSSR count). The molecule has 2 aromatic rings. The van der Waals surface area contributed by atoms with E-state index in [-0.39, 0.29) is 11.7 Å². The number of carbonyl (C=O) groups is 1. The van der Waals surface area contributed by atoms with Crippen LogP contribution in [0, 0.1) is 5.82 Å². The fourth-order valence-corrected chi connectivity index (χ4v) is 1.94. The molecule has 2 aromatic carbocycles. The largest absolute Gasteiger partial charge is 0.354 e. The van der Waals surface area contributed by atoms with Gasteiger partial charge in [0.1, 0.15) is 11.9 Å². The third-order valence-corrected chi connectivity index (χ3v) is 3.09. The van der Waals surface area contributed by atoms with Gasteiger partial charge in [-0.2, -0.15) is 0 Å². The van der Waals surface area contributed by atoms with Crippen LogP contribution in [0.3, 0.4) is 0 Å². The Morgan fingerprint density at radius 2 is 1.75 bits per heavy atom. The van der Waals surface area contributed by atoms with Crippen LogP contribution in [0.2, 0.25) is 0 Å².